The molecule has 1 aliphatic rings. The summed E-state index contributed by atoms with van der Waals surface area (Å²) in [6, 6.07) is 10.7. The SMILES string of the molecule is CC1CN(Cc2cccc(C#N)c2)CCN1C. The molecule has 90 valence electrons. The third-order valence-corrected chi connectivity index (χ3v) is 3.51. The third-order valence-electron chi connectivity index (χ3n) is 3.51. The first kappa shape index (κ1) is 12.1. The van der Waals surface area contributed by atoms with E-state index in [0.29, 0.717) is 6.04 Å². The number of hydrogen-bond donors (Lipinski definition) is 0. The summed E-state index contributed by atoms with van der Waals surface area (Å²) in [6.45, 7) is 6.55. The molecule has 3 nitrogen and oxygen atoms in total. The lowest BCUT2D eigenvalue weighted by Crippen LogP contribution is -2.49. The van der Waals surface area contributed by atoms with Crippen molar-refractivity contribution in [2.75, 3.05) is 26.7 Å². The summed E-state index contributed by atoms with van der Waals surface area (Å²) in [5.41, 5.74) is 1.99. The Hall–Kier alpha value is -1.37. The number of hydrogen-bond acceptors (Lipinski definition) is 3. The molecule has 0 amide bonds. The van der Waals surface area contributed by atoms with Gasteiger partial charge in [-0.15, -0.1) is 0 Å². The van der Waals surface area contributed by atoms with Crippen LogP contribution in [0.25, 0.3) is 0 Å². The maximum absolute atomic E-state index is 8.87. The highest BCUT2D eigenvalue weighted by Crippen LogP contribution is 2.12. The van der Waals surface area contributed by atoms with Gasteiger partial charge < -0.3 is 4.90 Å². The molecule has 1 aromatic rings. The average molecular weight is 229 g/mol. The fraction of sp³-hybridized carbons (Fsp3) is 0.500. The number of nitriles is 1. The van der Waals surface area contributed by atoms with Gasteiger partial charge in [0.25, 0.3) is 0 Å². The minimum absolute atomic E-state index is 0.614. The van der Waals surface area contributed by atoms with Crippen LogP contribution in [-0.2, 0) is 6.54 Å². The van der Waals surface area contributed by atoms with Crippen LogP contribution in [0.3, 0.4) is 0 Å². The van der Waals surface area contributed by atoms with E-state index in [2.05, 4.69) is 35.9 Å². The average Bonchev–Trinajstić information content (AvgIpc) is 2.34. The Morgan fingerprint density at radius 1 is 1.41 bits per heavy atom. The van der Waals surface area contributed by atoms with Crippen LogP contribution >= 0.6 is 0 Å². The molecule has 1 atom stereocenters. The Bertz CT molecular complexity index is 422. The van der Waals surface area contributed by atoms with Gasteiger partial charge >= 0.3 is 0 Å². The van der Waals surface area contributed by atoms with Gasteiger partial charge in [0.2, 0.25) is 0 Å². The highest BCUT2D eigenvalue weighted by molar-refractivity contribution is 5.32. The highest BCUT2D eigenvalue weighted by atomic mass is 15.3. The Morgan fingerprint density at radius 3 is 2.94 bits per heavy atom. The molecule has 2 rings (SSSR count). The van der Waals surface area contributed by atoms with Crippen molar-refractivity contribution in [2.45, 2.75) is 19.5 Å². The smallest absolute Gasteiger partial charge is 0.0991 e. The molecular weight excluding hydrogens is 210 g/mol. The monoisotopic (exact) mass is 229 g/mol. The normalized spacial score (nSPS) is 22.3. The molecule has 1 unspecified atom stereocenters. The Kier molecular flexibility index (Phi) is 3.78. The number of benzene rings is 1. The molecule has 0 aromatic heterocycles. The van der Waals surface area contributed by atoms with E-state index in [4.69, 9.17) is 5.26 Å². The lowest BCUT2D eigenvalue weighted by Gasteiger charge is -2.37. The van der Waals surface area contributed by atoms with Crippen LogP contribution in [0.2, 0.25) is 0 Å². The van der Waals surface area contributed by atoms with Gasteiger partial charge in [0, 0.05) is 32.2 Å². The van der Waals surface area contributed by atoms with Crippen molar-refractivity contribution in [1.82, 2.24) is 9.80 Å². The van der Waals surface area contributed by atoms with Crippen molar-refractivity contribution in [3.63, 3.8) is 0 Å². The van der Waals surface area contributed by atoms with Gasteiger partial charge in [0.15, 0.2) is 0 Å². The molecule has 1 heterocycles. The van der Waals surface area contributed by atoms with E-state index >= 15 is 0 Å². The van der Waals surface area contributed by atoms with Crippen molar-refractivity contribution in [1.29, 1.82) is 5.26 Å². The standard InChI is InChI=1S/C14H19N3/c1-12-10-17(7-6-16(12)2)11-14-5-3-4-13(8-14)9-15/h3-5,8,12H,6-7,10-11H2,1-2H3. The van der Waals surface area contributed by atoms with Gasteiger partial charge in [-0.25, -0.2) is 0 Å². The summed E-state index contributed by atoms with van der Waals surface area (Å²) in [7, 11) is 2.18. The number of likely N-dealkylation sites (N-methyl/N-ethyl adjacent to an activating group) is 1. The van der Waals surface area contributed by atoms with Crippen LogP contribution in [0, 0.1) is 11.3 Å². The molecular formula is C14H19N3. The van der Waals surface area contributed by atoms with E-state index in [0.717, 1.165) is 31.7 Å². The summed E-state index contributed by atoms with van der Waals surface area (Å²) < 4.78 is 0. The highest BCUT2D eigenvalue weighted by Gasteiger charge is 2.20. The molecule has 0 saturated carbocycles. The largest absolute Gasteiger partial charge is 0.301 e. The van der Waals surface area contributed by atoms with E-state index in [1.165, 1.54) is 5.56 Å². The number of piperazine rings is 1. The Balaban J connectivity index is 1.99. The quantitative estimate of drug-likeness (QED) is 0.773. The molecule has 3 heteroatoms. The second kappa shape index (κ2) is 5.31. The molecule has 1 fully saturated rings. The minimum atomic E-state index is 0.614. The number of nitrogens with zero attached hydrogens (tertiary/aromatic N) is 3. The molecule has 0 N–H and O–H groups in total. The maximum atomic E-state index is 8.87. The van der Waals surface area contributed by atoms with Crippen LogP contribution in [0.4, 0.5) is 0 Å². The first-order valence-corrected chi connectivity index (χ1v) is 6.10. The van der Waals surface area contributed by atoms with Crippen LogP contribution in [-0.4, -0.2) is 42.5 Å². The lowest BCUT2D eigenvalue weighted by atomic mass is 10.1. The van der Waals surface area contributed by atoms with Crippen LogP contribution in [0.5, 0.6) is 0 Å². The minimum Gasteiger partial charge on any atom is -0.301 e. The Morgan fingerprint density at radius 2 is 2.24 bits per heavy atom. The molecule has 0 bridgehead atoms. The van der Waals surface area contributed by atoms with Crippen molar-refractivity contribution in [2.24, 2.45) is 0 Å². The molecule has 0 aliphatic carbocycles. The van der Waals surface area contributed by atoms with Crippen LogP contribution in [0.15, 0.2) is 24.3 Å². The predicted octanol–water partition coefficient (Wildman–Crippen LogP) is 1.69. The topological polar surface area (TPSA) is 30.3 Å². The first-order chi connectivity index (χ1) is 8.19. The molecule has 0 spiro atoms. The zero-order valence-electron chi connectivity index (χ0n) is 10.6. The zero-order valence-corrected chi connectivity index (χ0v) is 10.6. The molecule has 1 aromatic carbocycles. The summed E-state index contributed by atoms with van der Waals surface area (Å²) >= 11 is 0. The summed E-state index contributed by atoms with van der Waals surface area (Å²) in [6.07, 6.45) is 0. The van der Waals surface area contributed by atoms with Gasteiger partial charge in [0.1, 0.15) is 0 Å². The summed E-state index contributed by atoms with van der Waals surface area (Å²) in [4.78, 5) is 4.85. The summed E-state index contributed by atoms with van der Waals surface area (Å²) in [5, 5.41) is 8.87. The second-order valence-electron chi connectivity index (χ2n) is 4.88. The van der Waals surface area contributed by atoms with E-state index < -0.39 is 0 Å². The zero-order chi connectivity index (χ0) is 12.3. The van der Waals surface area contributed by atoms with E-state index in [-0.39, 0.29) is 0 Å². The van der Waals surface area contributed by atoms with E-state index in [1.54, 1.807) is 0 Å². The summed E-state index contributed by atoms with van der Waals surface area (Å²) in [5.74, 6) is 0. The third kappa shape index (κ3) is 3.06. The van der Waals surface area contributed by atoms with Crippen molar-refractivity contribution < 1.29 is 0 Å². The van der Waals surface area contributed by atoms with Crippen molar-refractivity contribution >= 4 is 0 Å². The van der Waals surface area contributed by atoms with Gasteiger partial charge in [-0.3, -0.25) is 4.90 Å². The maximum Gasteiger partial charge on any atom is 0.0991 e. The van der Waals surface area contributed by atoms with Gasteiger partial charge in [0.05, 0.1) is 11.6 Å². The van der Waals surface area contributed by atoms with E-state index in [1.807, 2.05) is 18.2 Å². The fourth-order valence-corrected chi connectivity index (χ4v) is 2.26. The Labute approximate surface area is 103 Å². The van der Waals surface area contributed by atoms with E-state index in [9.17, 15) is 0 Å². The fourth-order valence-electron chi connectivity index (χ4n) is 2.26. The van der Waals surface area contributed by atoms with Crippen molar-refractivity contribution in [3.8, 4) is 6.07 Å². The first-order valence-electron chi connectivity index (χ1n) is 6.10. The lowest BCUT2D eigenvalue weighted by molar-refractivity contribution is 0.1000. The second-order valence-corrected chi connectivity index (χ2v) is 4.88. The predicted molar refractivity (Wildman–Crippen MR) is 68.5 cm³/mol. The van der Waals surface area contributed by atoms with Gasteiger partial charge in [-0.05, 0) is 31.7 Å². The van der Waals surface area contributed by atoms with Gasteiger partial charge in [-0.2, -0.15) is 5.26 Å². The molecule has 1 aliphatic heterocycles. The molecule has 1 saturated heterocycles. The number of rotatable bonds is 2. The van der Waals surface area contributed by atoms with Crippen LogP contribution < -0.4 is 0 Å². The van der Waals surface area contributed by atoms with Gasteiger partial charge in [-0.1, -0.05) is 12.1 Å². The van der Waals surface area contributed by atoms with Crippen molar-refractivity contribution in [3.05, 3.63) is 35.4 Å². The molecule has 0 radical (unpaired) electrons. The molecule has 17 heavy (non-hydrogen) atoms. The van der Waals surface area contributed by atoms with Crippen LogP contribution in [0.1, 0.15) is 18.1 Å².